The minimum atomic E-state index is -3.74. The number of hydrogen-bond acceptors (Lipinski definition) is 3. The van der Waals surface area contributed by atoms with E-state index in [2.05, 4.69) is 5.32 Å². The number of nitrogens with zero attached hydrogens (tertiary/aromatic N) is 1. The molecule has 2 rings (SSSR count). The highest BCUT2D eigenvalue weighted by Crippen LogP contribution is 2.24. The van der Waals surface area contributed by atoms with E-state index >= 15 is 0 Å². The first-order valence-electron chi connectivity index (χ1n) is 8.88. The van der Waals surface area contributed by atoms with Crippen LogP contribution >= 0.6 is 0 Å². The Bertz CT molecular complexity index is 855. The molecule has 0 bridgehead atoms. The van der Waals surface area contributed by atoms with Crippen molar-refractivity contribution in [2.24, 2.45) is 0 Å². The van der Waals surface area contributed by atoms with Gasteiger partial charge < -0.3 is 5.32 Å². The summed E-state index contributed by atoms with van der Waals surface area (Å²) in [5, 5.41) is 2.95. The number of benzene rings is 2. The van der Waals surface area contributed by atoms with Gasteiger partial charge in [0.2, 0.25) is 15.9 Å². The van der Waals surface area contributed by atoms with E-state index in [1.54, 1.807) is 6.92 Å². The number of nitrogens with one attached hydrogen (secondary N) is 1. The van der Waals surface area contributed by atoms with Gasteiger partial charge in [0.25, 0.3) is 0 Å². The maximum absolute atomic E-state index is 13.2. The van der Waals surface area contributed by atoms with E-state index in [9.17, 15) is 17.6 Å². The summed E-state index contributed by atoms with van der Waals surface area (Å²) in [6.45, 7) is 3.70. The number of amides is 1. The number of carbonyl (C=O) groups excluding carboxylic acids is 1. The van der Waals surface area contributed by atoms with Crippen molar-refractivity contribution in [3.05, 3.63) is 66.0 Å². The monoisotopic (exact) mass is 392 g/mol. The Labute approximate surface area is 160 Å². The zero-order valence-electron chi connectivity index (χ0n) is 15.7. The first kappa shape index (κ1) is 20.9. The van der Waals surface area contributed by atoms with Crippen LogP contribution in [0.5, 0.6) is 0 Å². The largest absolute Gasteiger partial charge is 0.347 e. The van der Waals surface area contributed by atoms with Crippen molar-refractivity contribution in [2.75, 3.05) is 10.6 Å². The molecular formula is C20H25FN2O3S. The molecule has 27 heavy (non-hydrogen) atoms. The highest BCUT2D eigenvalue weighted by atomic mass is 32.2. The van der Waals surface area contributed by atoms with E-state index in [1.165, 1.54) is 24.3 Å². The smallest absolute Gasteiger partial charge is 0.244 e. The molecule has 0 saturated carbocycles. The van der Waals surface area contributed by atoms with Gasteiger partial charge >= 0.3 is 0 Å². The second kappa shape index (κ2) is 8.99. The fourth-order valence-electron chi connectivity index (χ4n) is 3.02. The fourth-order valence-corrected chi connectivity index (χ4v) is 4.23. The third-order valence-electron chi connectivity index (χ3n) is 4.34. The first-order chi connectivity index (χ1) is 12.8. The lowest BCUT2D eigenvalue weighted by molar-refractivity contribution is -0.123. The summed E-state index contributed by atoms with van der Waals surface area (Å²) in [7, 11) is -3.74. The van der Waals surface area contributed by atoms with Gasteiger partial charge in [-0.1, -0.05) is 44.2 Å². The van der Waals surface area contributed by atoms with E-state index in [0.29, 0.717) is 6.42 Å². The van der Waals surface area contributed by atoms with Crippen LogP contribution in [-0.2, 0) is 14.8 Å². The Kier molecular flexibility index (Phi) is 6.96. The molecule has 0 radical (unpaired) electrons. The fraction of sp³-hybridized carbons (Fsp3) is 0.350. The molecule has 2 aromatic carbocycles. The number of sulfonamides is 1. The molecule has 0 aliphatic carbocycles. The summed E-state index contributed by atoms with van der Waals surface area (Å²) in [6, 6.07) is 13.5. The van der Waals surface area contributed by atoms with Gasteiger partial charge in [-0.3, -0.25) is 9.10 Å². The van der Waals surface area contributed by atoms with Crippen LogP contribution in [-0.4, -0.2) is 26.6 Å². The van der Waals surface area contributed by atoms with Crippen molar-refractivity contribution >= 4 is 21.6 Å². The lowest BCUT2D eigenvalue weighted by atomic mass is 10.0. The number of carbonyl (C=O) groups is 1. The maximum Gasteiger partial charge on any atom is 0.244 e. The first-order valence-corrected chi connectivity index (χ1v) is 10.7. The normalized spacial score (nSPS) is 13.6. The van der Waals surface area contributed by atoms with Crippen LogP contribution in [0.1, 0.15) is 38.3 Å². The summed E-state index contributed by atoms with van der Waals surface area (Å²) in [5.41, 5.74) is 1.21. The van der Waals surface area contributed by atoms with Crippen molar-refractivity contribution in [3.8, 4) is 0 Å². The second-order valence-corrected chi connectivity index (χ2v) is 8.20. The van der Waals surface area contributed by atoms with Crippen LogP contribution in [0.25, 0.3) is 0 Å². The second-order valence-electron chi connectivity index (χ2n) is 6.34. The van der Waals surface area contributed by atoms with Gasteiger partial charge in [-0.05, 0) is 42.7 Å². The Morgan fingerprint density at radius 1 is 1.04 bits per heavy atom. The van der Waals surface area contributed by atoms with Crippen molar-refractivity contribution in [1.82, 2.24) is 5.32 Å². The molecular weight excluding hydrogens is 367 g/mol. The minimum absolute atomic E-state index is 0.220. The quantitative estimate of drug-likeness (QED) is 0.746. The van der Waals surface area contributed by atoms with Gasteiger partial charge in [0, 0.05) is 0 Å². The molecule has 0 aliphatic heterocycles. The molecule has 0 saturated heterocycles. The molecule has 2 unspecified atom stereocenters. The van der Waals surface area contributed by atoms with Crippen LogP contribution in [0, 0.1) is 5.82 Å². The van der Waals surface area contributed by atoms with Crippen LogP contribution in [0.3, 0.4) is 0 Å². The molecule has 0 fully saturated rings. The van der Waals surface area contributed by atoms with Gasteiger partial charge in [0.05, 0.1) is 18.0 Å². The topological polar surface area (TPSA) is 66.5 Å². The van der Waals surface area contributed by atoms with Gasteiger partial charge in [-0.25, -0.2) is 12.8 Å². The SMILES string of the molecule is CCC(NC(=O)C(CC)N(c1ccc(F)cc1)S(C)(=O)=O)c1ccccc1. The molecule has 2 aromatic rings. The lowest BCUT2D eigenvalue weighted by Gasteiger charge is -2.31. The molecule has 5 nitrogen and oxygen atoms in total. The number of anilines is 1. The molecule has 0 aromatic heterocycles. The van der Waals surface area contributed by atoms with Crippen LogP contribution in [0.15, 0.2) is 54.6 Å². The van der Waals surface area contributed by atoms with E-state index in [0.717, 1.165) is 16.1 Å². The van der Waals surface area contributed by atoms with Gasteiger partial charge in [-0.2, -0.15) is 0 Å². The molecule has 0 spiro atoms. The van der Waals surface area contributed by atoms with E-state index < -0.39 is 21.9 Å². The standard InChI is InChI=1S/C20H25FN2O3S/c1-4-18(15-9-7-6-8-10-15)22-20(24)19(5-2)23(27(3,25)26)17-13-11-16(21)12-14-17/h6-14,18-19H,4-5H2,1-3H3,(H,22,24). The maximum atomic E-state index is 13.2. The van der Waals surface area contributed by atoms with Crippen LogP contribution in [0.2, 0.25) is 0 Å². The van der Waals surface area contributed by atoms with Crippen molar-refractivity contribution < 1.29 is 17.6 Å². The number of rotatable bonds is 8. The third kappa shape index (κ3) is 5.29. The Hall–Kier alpha value is -2.41. The third-order valence-corrected chi connectivity index (χ3v) is 5.52. The molecule has 1 amide bonds. The highest BCUT2D eigenvalue weighted by molar-refractivity contribution is 7.92. The Balaban J connectivity index is 2.32. The molecule has 2 atom stereocenters. The minimum Gasteiger partial charge on any atom is -0.347 e. The summed E-state index contributed by atoms with van der Waals surface area (Å²) in [4.78, 5) is 13.0. The molecule has 7 heteroatoms. The van der Waals surface area contributed by atoms with E-state index in [4.69, 9.17) is 0 Å². The van der Waals surface area contributed by atoms with Crippen LogP contribution in [0.4, 0.5) is 10.1 Å². The lowest BCUT2D eigenvalue weighted by Crippen LogP contribution is -2.50. The van der Waals surface area contributed by atoms with Crippen molar-refractivity contribution in [3.63, 3.8) is 0 Å². The average Bonchev–Trinajstić information content (AvgIpc) is 2.64. The average molecular weight is 392 g/mol. The predicted molar refractivity (Wildman–Crippen MR) is 105 cm³/mol. The highest BCUT2D eigenvalue weighted by Gasteiger charge is 2.32. The number of hydrogen-bond donors (Lipinski definition) is 1. The summed E-state index contributed by atoms with van der Waals surface area (Å²) >= 11 is 0. The predicted octanol–water partition coefficient (Wildman–Crippen LogP) is 3.64. The van der Waals surface area contributed by atoms with E-state index in [1.807, 2.05) is 37.3 Å². The summed E-state index contributed by atoms with van der Waals surface area (Å²) < 4.78 is 39.1. The van der Waals surface area contributed by atoms with Crippen molar-refractivity contribution in [1.29, 1.82) is 0 Å². The Morgan fingerprint density at radius 3 is 2.11 bits per heavy atom. The zero-order valence-corrected chi connectivity index (χ0v) is 16.5. The molecule has 0 aliphatic rings. The van der Waals surface area contributed by atoms with Gasteiger partial charge in [0.15, 0.2) is 0 Å². The van der Waals surface area contributed by atoms with Crippen molar-refractivity contribution in [2.45, 2.75) is 38.8 Å². The molecule has 1 N–H and O–H groups in total. The van der Waals surface area contributed by atoms with Gasteiger partial charge in [-0.15, -0.1) is 0 Å². The van der Waals surface area contributed by atoms with E-state index in [-0.39, 0.29) is 24.1 Å². The zero-order chi connectivity index (χ0) is 20.0. The summed E-state index contributed by atoms with van der Waals surface area (Å²) in [5.74, 6) is -0.859. The Morgan fingerprint density at radius 2 is 1.63 bits per heavy atom. The number of halogens is 1. The molecule has 0 heterocycles. The summed E-state index contributed by atoms with van der Waals surface area (Å²) in [6.07, 6.45) is 1.99. The molecule has 146 valence electrons. The van der Waals surface area contributed by atoms with Crippen LogP contribution < -0.4 is 9.62 Å². The van der Waals surface area contributed by atoms with Gasteiger partial charge in [0.1, 0.15) is 11.9 Å².